The Morgan fingerprint density at radius 3 is 2.33 bits per heavy atom. The standard InChI is InChI=1S/C35H48N2O4Si/c1-25(36-23-33(41-42(5,6)35(2,3)4)30-20-31(38)22-32(39)21-30)18-27-11-9-10-26(19-27)14-15-34(40)37-17-16-28-12-7-8-13-29(28)24-37/h7-13,19-22,25,33,36,38-39H,14-18,23-24H2,1-6H3/t25-,33+/m1/s1. The van der Waals surface area contributed by atoms with Crippen LogP contribution < -0.4 is 5.32 Å². The average Bonchev–Trinajstić information content (AvgIpc) is 2.92. The van der Waals surface area contributed by atoms with Crippen molar-refractivity contribution in [1.29, 1.82) is 0 Å². The molecule has 0 saturated carbocycles. The molecule has 3 aromatic rings. The van der Waals surface area contributed by atoms with Crippen LogP contribution in [-0.2, 0) is 35.0 Å². The Morgan fingerprint density at radius 2 is 1.64 bits per heavy atom. The highest BCUT2D eigenvalue weighted by molar-refractivity contribution is 6.74. The van der Waals surface area contributed by atoms with Gasteiger partial charge in [-0.25, -0.2) is 0 Å². The van der Waals surface area contributed by atoms with Gasteiger partial charge in [-0.2, -0.15) is 0 Å². The van der Waals surface area contributed by atoms with Crippen molar-refractivity contribution in [1.82, 2.24) is 10.2 Å². The first-order valence-electron chi connectivity index (χ1n) is 15.2. The van der Waals surface area contributed by atoms with Gasteiger partial charge in [0.25, 0.3) is 0 Å². The van der Waals surface area contributed by atoms with E-state index in [0.717, 1.165) is 31.4 Å². The summed E-state index contributed by atoms with van der Waals surface area (Å²) in [5.41, 5.74) is 5.79. The molecule has 1 heterocycles. The Balaban J connectivity index is 1.34. The van der Waals surface area contributed by atoms with Gasteiger partial charge >= 0.3 is 0 Å². The number of fused-ring (bicyclic) bond motifs is 1. The van der Waals surface area contributed by atoms with E-state index in [1.165, 1.54) is 28.3 Å². The second kappa shape index (κ2) is 13.4. The molecule has 0 spiro atoms. The largest absolute Gasteiger partial charge is 0.508 e. The zero-order chi connectivity index (χ0) is 30.5. The summed E-state index contributed by atoms with van der Waals surface area (Å²) < 4.78 is 6.76. The molecule has 1 aliphatic rings. The fraction of sp³-hybridized carbons (Fsp3) is 0.457. The van der Waals surface area contributed by atoms with Crippen LogP contribution in [0.5, 0.6) is 11.5 Å². The Kier molecular flexibility index (Phi) is 10.2. The van der Waals surface area contributed by atoms with Gasteiger partial charge in [-0.05, 0) is 84.3 Å². The number of phenols is 2. The third kappa shape index (κ3) is 8.46. The maximum absolute atomic E-state index is 13.0. The summed E-state index contributed by atoms with van der Waals surface area (Å²) in [5, 5.41) is 23.9. The van der Waals surface area contributed by atoms with E-state index in [9.17, 15) is 15.0 Å². The van der Waals surface area contributed by atoms with Crippen LogP contribution in [0, 0.1) is 0 Å². The second-order valence-electron chi connectivity index (χ2n) is 13.3. The molecule has 1 aliphatic heterocycles. The summed E-state index contributed by atoms with van der Waals surface area (Å²) in [6.07, 6.45) is 2.71. The summed E-state index contributed by atoms with van der Waals surface area (Å²) >= 11 is 0. The lowest BCUT2D eigenvalue weighted by Gasteiger charge is -2.39. The molecular formula is C35H48N2O4Si. The molecule has 1 amide bonds. The first kappa shape index (κ1) is 31.8. The number of carbonyl (C=O) groups excluding carboxylic acids is 1. The van der Waals surface area contributed by atoms with E-state index in [-0.39, 0.29) is 34.6 Å². The normalized spacial score (nSPS) is 15.2. The van der Waals surface area contributed by atoms with E-state index in [2.05, 4.69) is 88.6 Å². The van der Waals surface area contributed by atoms with Crippen LogP contribution >= 0.6 is 0 Å². The predicted molar refractivity (Wildman–Crippen MR) is 172 cm³/mol. The maximum Gasteiger partial charge on any atom is 0.223 e. The number of rotatable bonds is 11. The minimum Gasteiger partial charge on any atom is -0.508 e. The number of amides is 1. The Hall–Kier alpha value is -3.13. The van der Waals surface area contributed by atoms with Gasteiger partial charge in [-0.15, -0.1) is 0 Å². The van der Waals surface area contributed by atoms with Gasteiger partial charge in [0.15, 0.2) is 8.32 Å². The number of nitrogens with zero attached hydrogens (tertiary/aromatic N) is 1. The molecule has 0 fully saturated rings. The summed E-state index contributed by atoms with van der Waals surface area (Å²) in [5.74, 6) is 0.278. The van der Waals surface area contributed by atoms with Crippen molar-refractivity contribution < 1.29 is 19.4 Å². The fourth-order valence-corrected chi connectivity index (χ4v) is 6.61. The highest BCUT2D eigenvalue weighted by atomic mass is 28.4. The van der Waals surface area contributed by atoms with Crippen LogP contribution in [0.3, 0.4) is 0 Å². The van der Waals surface area contributed by atoms with Gasteiger partial charge in [-0.1, -0.05) is 69.3 Å². The van der Waals surface area contributed by atoms with Gasteiger partial charge < -0.3 is 24.9 Å². The van der Waals surface area contributed by atoms with Gasteiger partial charge in [0.1, 0.15) is 11.5 Å². The van der Waals surface area contributed by atoms with Crippen molar-refractivity contribution in [3.8, 4) is 11.5 Å². The zero-order valence-electron chi connectivity index (χ0n) is 26.1. The van der Waals surface area contributed by atoms with Crippen LogP contribution in [0.1, 0.15) is 68.0 Å². The molecule has 6 nitrogen and oxygen atoms in total. The summed E-state index contributed by atoms with van der Waals surface area (Å²) in [6.45, 7) is 15.3. The number of phenolic OH excluding ortho intramolecular Hbond substituents is 2. The monoisotopic (exact) mass is 588 g/mol. The quantitative estimate of drug-likeness (QED) is 0.212. The van der Waals surface area contributed by atoms with Crippen LogP contribution in [0.4, 0.5) is 0 Å². The number of aryl methyl sites for hydroxylation is 1. The highest BCUT2D eigenvalue weighted by Crippen LogP contribution is 2.40. The van der Waals surface area contributed by atoms with Gasteiger partial charge in [0.2, 0.25) is 5.91 Å². The minimum atomic E-state index is -2.12. The van der Waals surface area contributed by atoms with E-state index in [1.54, 1.807) is 12.1 Å². The first-order valence-corrected chi connectivity index (χ1v) is 18.1. The summed E-state index contributed by atoms with van der Waals surface area (Å²) in [4.78, 5) is 15.0. The fourth-order valence-electron chi connectivity index (χ4n) is 5.33. The predicted octanol–water partition coefficient (Wildman–Crippen LogP) is 6.90. The highest BCUT2D eigenvalue weighted by Gasteiger charge is 2.39. The molecule has 7 heteroatoms. The molecule has 3 N–H and O–H groups in total. The van der Waals surface area contributed by atoms with Crippen LogP contribution in [0.15, 0.2) is 66.7 Å². The van der Waals surface area contributed by atoms with Gasteiger partial charge in [0.05, 0.1) is 6.10 Å². The van der Waals surface area contributed by atoms with Crippen molar-refractivity contribution in [3.05, 3.63) is 94.5 Å². The molecule has 0 unspecified atom stereocenters. The van der Waals surface area contributed by atoms with E-state index in [1.807, 2.05) is 11.0 Å². The molecule has 0 radical (unpaired) electrons. The minimum absolute atomic E-state index is 0.0239. The molecular weight excluding hydrogens is 540 g/mol. The summed E-state index contributed by atoms with van der Waals surface area (Å²) in [7, 11) is -2.12. The lowest BCUT2D eigenvalue weighted by Crippen LogP contribution is -2.44. The lowest BCUT2D eigenvalue weighted by molar-refractivity contribution is -0.132. The molecule has 0 saturated heterocycles. The van der Waals surface area contributed by atoms with Crippen LogP contribution in [-0.4, -0.2) is 48.5 Å². The Bertz CT molecular complexity index is 1350. The van der Waals surface area contributed by atoms with E-state index >= 15 is 0 Å². The molecule has 0 aliphatic carbocycles. The average molecular weight is 589 g/mol. The Labute approximate surface area is 252 Å². The number of hydrogen-bond acceptors (Lipinski definition) is 5. The Morgan fingerprint density at radius 1 is 0.976 bits per heavy atom. The van der Waals surface area contributed by atoms with Crippen molar-refractivity contribution in [2.24, 2.45) is 0 Å². The molecule has 0 bridgehead atoms. The number of carbonyl (C=O) groups is 1. The van der Waals surface area contributed by atoms with E-state index in [0.29, 0.717) is 19.5 Å². The first-order chi connectivity index (χ1) is 19.8. The topological polar surface area (TPSA) is 82.0 Å². The third-order valence-corrected chi connectivity index (χ3v) is 13.3. The van der Waals surface area contributed by atoms with Gasteiger partial charge in [0, 0.05) is 38.2 Å². The van der Waals surface area contributed by atoms with Crippen molar-refractivity contribution in [2.75, 3.05) is 13.1 Å². The van der Waals surface area contributed by atoms with E-state index < -0.39 is 8.32 Å². The SMILES string of the molecule is C[C@H](Cc1cccc(CCC(=O)N2CCc3ccccc3C2)c1)NC[C@H](O[Si](C)(C)C(C)(C)C)c1cc(O)cc(O)c1. The molecule has 226 valence electrons. The molecule has 0 aromatic heterocycles. The van der Waals surface area contributed by atoms with E-state index in [4.69, 9.17) is 4.43 Å². The zero-order valence-corrected chi connectivity index (χ0v) is 27.1. The van der Waals surface area contributed by atoms with Crippen LogP contribution in [0.2, 0.25) is 18.1 Å². The molecule has 2 atom stereocenters. The van der Waals surface area contributed by atoms with Gasteiger partial charge in [-0.3, -0.25) is 4.79 Å². The number of nitrogens with one attached hydrogen (secondary N) is 1. The maximum atomic E-state index is 13.0. The lowest BCUT2D eigenvalue weighted by atomic mass is 9.98. The number of hydrogen-bond donors (Lipinski definition) is 3. The number of benzene rings is 3. The third-order valence-electron chi connectivity index (χ3n) is 8.84. The summed E-state index contributed by atoms with van der Waals surface area (Å²) in [6, 6.07) is 21.8. The second-order valence-corrected chi connectivity index (χ2v) is 18.1. The van der Waals surface area contributed by atoms with Crippen molar-refractivity contribution in [3.63, 3.8) is 0 Å². The number of aromatic hydroxyl groups is 2. The molecule has 42 heavy (non-hydrogen) atoms. The van der Waals surface area contributed by atoms with Crippen molar-refractivity contribution >= 4 is 14.2 Å². The molecule has 4 rings (SSSR count). The smallest absolute Gasteiger partial charge is 0.223 e. The molecule has 3 aromatic carbocycles. The van der Waals surface area contributed by atoms with Crippen LogP contribution in [0.25, 0.3) is 0 Å². The van der Waals surface area contributed by atoms with Crippen molar-refractivity contribution in [2.45, 2.75) is 90.2 Å².